The molecule has 2 aromatic rings. The Morgan fingerprint density at radius 2 is 1.67 bits per heavy atom. The highest BCUT2D eigenvalue weighted by molar-refractivity contribution is 6.39. The molecule has 0 aromatic heterocycles. The van der Waals surface area contributed by atoms with Crippen molar-refractivity contribution in [3.05, 3.63) is 53.6 Å². The number of carbonyl (C=O) groups is 2. The van der Waals surface area contributed by atoms with Crippen LogP contribution in [0.15, 0.2) is 42.5 Å². The minimum Gasteiger partial charge on any atom is -0.496 e. The predicted molar refractivity (Wildman–Crippen MR) is 102 cm³/mol. The van der Waals surface area contributed by atoms with Crippen molar-refractivity contribution in [3.63, 3.8) is 0 Å². The van der Waals surface area contributed by atoms with Crippen LogP contribution < -0.4 is 20.1 Å². The number of aryl methyl sites for hydroxylation is 1. The van der Waals surface area contributed by atoms with Gasteiger partial charge in [-0.1, -0.05) is 24.3 Å². The molecule has 2 rings (SSSR count). The average Bonchev–Trinajstić information content (AvgIpc) is 2.68. The fourth-order valence-corrected chi connectivity index (χ4v) is 2.62. The van der Waals surface area contributed by atoms with Crippen LogP contribution >= 0.6 is 0 Å². The lowest BCUT2D eigenvalue weighted by Crippen LogP contribution is -2.38. The lowest BCUT2D eigenvalue weighted by molar-refractivity contribution is -0.136. The van der Waals surface area contributed by atoms with Gasteiger partial charge in [0.1, 0.15) is 17.6 Å². The zero-order valence-electron chi connectivity index (χ0n) is 15.9. The molecule has 0 aliphatic rings. The lowest BCUT2D eigenvalue weighted by Gasteiger charge is -2.19. The molecule has 144 valence electrons. The smallest absolute Gasteiger partial charge is 0.313 e. The van der Waals surface area contributed by atoms with Crippen LogP contribution in [0.3, 0.4) is 0 Å². The molecular weight excluding hydrogens is 348 g/mol. The Kier molecular flexibility index (Phi) is 7.19. The van der Waals surface area contributed by atoms with E-state index >= 15 is 0 Å². The number of hydrogen-bond acceptors (Lipinski definition) is 5. The van der Waals surface area contributed by atoms with Gasteiger partial charge in [-0.2, -0.15) is 0 Å². The maximum atomic E-state index is 12.2. The fraction of sp³-hybridized carbons (Fsp3) is 0.300. The van der Waals surface area contributed by atoms with Gasteiger partial charge in [-0.05, 0) is 30.7 Å². The maximum Gasteiger partial charge on any atom is 0.313 e. The summed E-state index contributed by atoms with van der Waals surface area (Å²) < 4.78 is 15.9. The van der Waals surface area contributed by atoms with Crippen LogP contribution in [0.25, 0.3) is 0 Å². The Hall–Kier alpha value is -3.06. The van der Waals surface area contributed by atoms with E-state index in [2.05, 4.69) is 10.6 Å². The second-order valence-electron chi connectivity index (χ2n) is 5.83. The number of benzene rings is 2. The van der Waals surface area contributed by atoms with Crippen LogP contribution in [0.1, 0.15) is 17.2 Å². The molecule has 0 aliphatic heterocycles. The quantitative estimate of drug-likeness (QED) is 0.729. The molecule has 0 aliphatic carbocycles. The summed E-state index contributed by atoms with van der Waals surface area (Å²) >= 11 is 0. The number of amides is 2. The van der Waals surface area contributed by atoms with Gasteiger partial charge in [0, 0.05) is 19.2 Å². The van der Waals surface area contributed by atoms with Crippen molar-refractivity contribution < 1.29 is 23.8 Å². The number of para-hydroxylation sites is 1. The predicted octanol–water partition coefficient (Wildman–Crippen LogP) is 2.45. The Morgan fingerprint density at radius 1 is 0.963 bits per heavy atom. The van der Waals surface area contributed by atoms with E-state index in [4.69, 9.17) is 14.2 Å². The van der Waals surface area contributed by atoms with Crippen molar-refractivity contribution >= 4 is 17.5 Å². The highest BCUT2D eigenvalue weighted by Gasteiger charge is 2.20. The first-order chi connectivity index (χ1) is 13.0. The molecular formula is C20H24N2O5. The molecule has 7 heteroatoms. The molecule has 7 nitrogen and oxygen atoms in total. The van der Waals surface area contributed by atoms with Gasteiger partial charge in [0.05, 0.1) is 19.9 Å². The Bertz CT molecular complexity index is 807. The summed E-state index contributed by atoms with van der Waals surface area (Å²) in [6.45, 7) is 2.00. The van der Waals surface area contributed by atoms with Gasteiger partial charge in [0.25, 0.3) is 0 Å². The molecule has 27 heavy (non-hydrogen) atoms. The third-order valence-electron chi connectivity index (χ3n) is 4.03. The van der Waals surface area contributed by atoms with E-state index in [1.165, 1.54) is 14.2 Å². The molecule has 0 bridgehead atoms. The van der Waals surface area contributed by atoms with E-state index in [9.17, 15) is 9.59 Å². The maximum absolute atomic E-state index is 12.2. The van der Waals surface area contributed by atoms with Gasteiger partial charge < -0.3 is 24.8 Å². The van der Waals surface area contributed by atoms with Gasteiger partial charge in [-0.25, -0.2) is 0 Å². The molecule has 0 heterocycles. The Morgan fingerprint density at radius 3 is 2.33 bits per heavy atom. The van der Waals surface area contributed by atoms with E-state index in [1.807, 2.05) is 31.2 Å². The zero-order valence-corrected chi connectivity index (χ0v) is 15.9. The van der Waals surface area contributed by atoms with Crippen LogP contribution in [0.2, 0.25) is 0 Å². The van der Waals surface area contributed by atoms with Crippen molar-refractivity contribution in [2.45, 2.75) is 13.0 Å². The van der Waals surface area contributed by atoms with Gasteiger partial charge in [0.15, 0.2) is 0 Å². The van der Waals surface area contributed by atoms with Crippen LogP contribution in [-0.2, 0) is 14.3 Å². The number of rotatable bonds is 7. The molecule has 0 radical (unpaired) electrons. The van der Waals surface area contributed by atoms with E-state index in [0.717, 1.165) is 11.1 Å². The number of carbonyl (C=O) groups excluding carboxylic acids is 2. The van der Waals surface area contributed by atoms with Crippen molar-refractivity contribution in [3.8, 4) is 11.5 Å². The van der Waals surface area contributed by atoms with Crippen LogP contribution in [0, 0.1) is 6.92 Å². The monoisotopic (exact) mass is 372 g/mol. The first-order valence-corrected chi connectivity index (χ1v) is 8.39. The normalized spacial score (nSPS) is 11.4. The molecule has 0 saturated carbocycles. The molecule has 1 atom stereocenters. The summed E-state index contributed by atoms with van der Waals surface area (Å²) in [6, 6.07) is 12.7. The van der Waals surface area contributed by atoms with E-state index in [0.29, 0.717) is 17.2 Å². The van der Waals surface area contributed by atoms with Crippen LogP contribution in [0.5, 0.6) is 11.5 Å². The minimum absolute atomic E-state index is 0.119. The summed E-state index contributed by atoms with van der Waals surface area (Å²) in [5.41, 5.74) is 2.15. The van der Waals surface area contributed by atoms with E-state index < -0.39 is 17.9 Å². The molecule has 0 spiro atoms. The highest BCUT2D eigenvalue weighted by Crippen LogP contribution is 2.27. The second kappa shape index (κ2) is 9.59. The molecule has 0 fully saturated rings. The minimum atomic E-state index is -0.784. The highest BCUT2D eigenvalue weighted by atomic mass is 16.5. The van der Waals surface area contributed by atoms with Crippen molar-refractivity contribution in [1.82, 2.24) is 5.32 Å². The second-order valence-corrected chi connectivity index (χ2v) is 5.83. The average molecular weight is 372 g/mol. The van der Waals surface area contributed by atoms with Crippen LogP contribution in [0.4, 0.5) is 5.69 Å². The number of anilines is 1. The number of hydrogen-bond donors (Lipinski definition) is 2. The summed E-state index contributed by atoms with van der Waals surface area (Å²) in [5.74, 6) is -0.428. The molecule has 0 saturated heterocycles. The van der Waals surface area contributed by atoms with Gasteiger partial charge in [-0.15, -0.1) is 0 Å². The standard InChI is InChI=1S/C20H24N2O5/c1-13-9-10-17(26-3)15(11-13)22-20(24)19(23)21-12-18(27-4)14-7-5-6-8-16(14)25-2/h5-11,18H,12H2,1-4H3,(H,21,23)(H,22,24). The molecule has 2 aromatic carbocycles. The number of ether oxygens (including phenoxy) is 3. The van der Waals surface area contributed by atoms with Gasteiger partial charge in [0.2, 0.25) is 0 Å². The Labute approximate surface area is 158 Å². The van der Waals surface area contributed by atoms with Crippen molar-refractivity contribution in [2.75, 3.05) is 33.2 Å². The summed E-state index contributed by atoms with van der Waals surface area (Å²) in [5, 5.41) is 5.15. The first-order valence-electron chi connectivity index (χ1n) is 8.39. The Balaban J connectivity index is 2.02. The van der Waals surface area contributed by atoms with E-state index in [-0.39, 0.29) is 6.54 Å². The molecule has 2 amide bonds. The number of nitrogens with one attached hydrogen (secondary N) is 2. The summed E-state index contributed by atoms with van der Waals surface area (Å²) in [7, 11) is 4.59. The first kappa shape index (κ1) is 20.3. The summed E-state index contributed by atoms with van der Waals surface area (Å²) in [4.78, 5) is 24.4. The van der Waals surface area contributed by atoms with Gasteiger partial charge >= 0.3 is 11.8 Å². The number of methoxy groups -OCH3 is 3. The molecule has 2 N–H and O–H groups in total. The van der Waals surface area contributed by atoms with Crippen LogP contribution in [-0.4, -0.2) is 39.7 Å². The zero-order chi connectivity index (χ0) is 19.8. The largest absolute Gasteiger partial charge is 0.496 e. The summed E-state index contributed by atoms with van der Waals surface area (Å²) in [6.07, 6.45) is -0.452. The topological polar surface area (TPSA) is 85.9 Å². The van der Waals surface area contributed by atoms with E-state index in [1.54, 1.807) is 25.3 Å². The molecule has 1 unspecified atom stereocenters. The van der Waals surface area contributed by atoms with Crippen molar-refractivity contribution in [1.29, 1.82) is 0 Å². The fourth-order valence-electron chi connectivity index (χ4n) is 2.62. The van der Waals surface area contributed by atoms with Gasteiger partial charge in [-0.3, -0.25) is 9.59 Å². The third kappa shape index (κ3) is 5.21. The third-order valence-corrected chi connectivity index (χ3v) is 4.03. The SMILES string of the molecule is COc1ccc(C)cc1NC(=O)C(=O)NCC(OC)c1ccccc1OC. The van der Waals surface area contributed by atoms with Crippen molar-refractivity contribution in [2.24, 2.45) is 0 Å². The lowest BCUT2D eigenvalue weighted by atomic mass is 10.1.